The van der Waals surface area contributed by atoms with Crippen molar-refractivity contribution in [3.63, 3.8) is 0 Å². The molecule has 0 radical (unpaired) electrons. The van der Waals surface area contributed by atoms with Crippen LogP contribution in [0.25, 0.3) is 0 Å². The molecule has 6 nitrogen and oxygen atoms in total. The smallest absolute Gasteiger partial charge is 0.418 e. The van der Waals surface area contributed by atoms with Crippen molar-refractivity contribution in [3.8, 4) is 0 Å². The minimum Gasteiger partial charge on any atom is -0.443 e. The van der Waals surface area contributed by atoms with Crippen molar-refractivity contribution >= 4 is 35.1 Å². The Morgan fingerprint density at radius 3 is 2.70 bits per heavy atom. The summed E-state index contributed by atoms with van der Waals surface area (Å²) in [5, 5.41) is 3.49. The Bertz CT molecular complexity index is 723. The first-order chi connectivity index (χ1) is 10.7. The van der Waals surface area contributed by atoms with E-state index < -0.39 is 11.7 Å². The minimum atomic E-state index is -0.567. The fourth-order valence-electron chi connectivity index (χ4n) is 1.94. The van der Waals surface area contributed by atoms with E-state index >= 15 is 0 Å². The van der Waals surface area contributed by atoms with E-state index in [0.717, 1.165) is 11.4 Å². The molecule has 2 rings (SSSR count). The third-order valence-corrected chi connectivity index (χ3v) is 3.34. The highest BCUT2D eigenvalue weighted by Gasteiger charge is 2.21. The molecule has 0 saturated heterocycles. The molecule has 8 heteroatoms. The van der Waals surface area contributed by atoms with Gasteiger partial charge in [0, 0.05) is 11.4 Å². The lowest BCUT2D eigenvalue weighted by molar-refractivity contribution is 0.0530. The van der Waals surface area contributed by atoms with E-state index in [1.807, 2.05) is 39.8 Å². The number of ether oxygens (including phenoxy) is 1. The summed E-state index contributed by atoms with van der Waals surface area (Å²) in [6.45, 7) is 7.64. The molecule has 0 bridgehead atoms. The summed E-state index contributed by atoms with van der Waals surface area (Å²) in [6, 6.07) is 3.68. The normalized spacial score (nSPS) is 11.4. The maximum atomic E-state index is 12.3. The lowest BCUT2D eigenvalue weighted by Crippen LogP contribution is -2.29. The Hall–Kier alpha value is -1.79. The number of rotatable bonds is 3. The van der Waals surface area contributed by atoms with Gasteiger partial charge in [-0.2, -0.15) is 4.98 Å². The zero-order valence-corrected chi connectivity index (χ0v) is 14.9. The second kappa shape index (κ2) is 6.76. The fourth-order valence-corrected chi connectivity index (χ4v) is 2.23. The number of anilines is 1. The molecule has 0 spiro atoms. The molecule has 124 valence electrons. The zero-order chi connectivity index (χ0) is 17.2. The van der Waals surface area contributed by atoms with Crippen molar-refractivity contribution < 1.29 is 9.53 Å². The number of carbonyl (C=O) groups is 1. The van der Waals surface area contributed by atoms with Gasteiger partial charge < -0.3 is 10.1 Å². The van der Waals surface area contributed by atoms with Crippen LogP contribution in [-0.4, -0.2) is 26.2 Å². The summed E-state index contributed by atoms with van der Waals surface area (Å²) < 4.78 is 6.93. The number of hydrogen-bond acceptors (Lipinski definition) is 5. The van der Waals surface area contributed by atoms with Crippen molar-refractivity contribution in [1.29, 1.82) is 0 Å². The van der Waals surface area contributed by atoms with E-state index in [0.29, 0.717) is 17.4 Å². The van der Waals surface area contributed by atoms with Gasteiger partial charge in [-0.25, -0.2) is 9.78 Å². The van der Waals surface area contributed by atoms with Gasteiger partial charge in [-0.15, -0.1) is 0 Å². The van der Waals surface area contributed by atoms with Gasteiger partial charge in [-0.05, 0) is 51.4 Å². The Labute approximate surface area is 144 Å². The predicted molar refractivity (Wildman–Crippen MR) is 90.2 cm³/mol. The van der Waals surface area contributed by atoms with Crippen LogP contribution in [0.3, 0.4) is 0 Å². The lowest BCUT2D eigenvalue weighted by Gasteiger charge is -2.21. The zero-order valence-electron chi connectivity index (χ0n) is 13.4. The van der Waals surface area contributed by atoms with Crippen LogP contribution in [-0.2, 0) is 11.3 Å². The van der Waals surface area contributed by atoms with Gasteiger partial charge in [-0.1, -0.05) is 11.6 Å². The Morgan fingerprint density at radius 1 is 1.35 bits per heavy atom. The van der Waals surface area contributed by atoms with Gasteiger partial charge >= 0.3 is 6.09 Å². The maximum absolute atomic E-state index is 12.3. The highest BCUT2D eigenvalue weighted by atomic mass is 35.5. The average molecular weight is 357 g/mol. The van der Waals surface area contributed by atoms with Gasteiger partial charge in [0.25, 0.3) is 0 Å². The third-order valence-electron chi connectivity index (χ3n) is 2.88. The first-order valence-electron chi connectivity index (χ1n) is 7.00. The van der Waals surface area contributed by atoms with Crippen LogP contribution in [0.4, 0.5) is 10.6 Å². The van der Waals surface area contributed by atoms with Crippen LogP contribution in [0.15, 0.2) is 18.3 Å². The standard InChI is InChI=1S/C15H18Cl2N4O2/c1-9-5-6-10(21(9)14(22)23-15(2,3)4)7-18-12-11(16)8-19-13(17)20-12/h5-6,8H,7H2,1-4H3,(H,18,19,20). The summed E-state index contributed by atoms with van der Waals surface area (Å²) >= 11 is 11.8. The average Bonchev–Trinajstić information content (AvgIpc) is 2.79. The number of hydrogen-bond donors (Lipinski definition) is 1. The Morgan fingerprint density at radius 2 is 2.04 bits per heavy atom. The molecule has 0 aliphatic heterocycles. The van der Waals surface area contributed by atoms with Crippen molar-refractivity contribution in [1.82, 2.24) is 14.5 Å². The van der Waals surface area contributed by atoms with Crippen LogP contribution in [0.2, 0.25) is 10.3 Å². The molecule has 1 N–H and O–H groups in total. The van der Waals surface area contributed by atoms with Crippen LogP contribution in [0.1, 0.15) is 32.2 Å². The summed E-state index contributed by atoms with van der Waals surface area (Å²) in [6.07, 6.45) is 0.987. The summed E-state index contributed by atoms with van der Waals surface area (Å²) in [5.74, 6) is 0.404. The highest BCUT2D eigenvalue weighted by Crippen LogP contribution is 2.21. The Kier molecular flexibility index (Phi) is 5.16. The molecule has 0 amide bonds. The number of nitrogens with one attached hydrogen (secondary N) is 1. The van der Waals surface area contributed by atoms with Gasteiger partial charge in [0.1, 0.15) is 16.4 Å². The molecular weight excluding hydrogens is 339 g/mol. The first kappa shape index (κ1) is 17.6. The molecule has 23 heavy (non-hydrogen) atoms. The molecule has 2 aromatic heterocycles. The molecule has 0 aliphatic carbocycles. The lowest BCUT2D eigenvalue weighted by atomic mass is 10.2. The SMILES string of the molecule is Cc1ccc(CNc2nc(Cl)ncc2Cl)n1C(=O)OC(C)(C)C. The minimum absolute atomic E-state index is 0.0932. The molecule has 0 aliphatic rings. The summed E-state index contributed by atoms with van der Waals surface area (Å²) in [7, 11) is 0. The Balaban J connectivity index is 2.18. The molecule has 0 atom stereocenters. The number of aryl methyl sites for hydroxylation is 1. The number of carbonyl (C=O) groups excluding carboxylic acids is 1. The number of aromatic nitrogens is 3. The first-order valence-corrected chi connectivity index (χ1v) is 7.75. The van der Waals surface area contributed by atoms with Gasteiger partial charge in [0.2, 0.25) is 5.28 Å². The van der Waals surface area contributed by atoms with Crippen LogP contribution >= 0.6 is 23.2 Å². The molecule has 0 saturated carbocycles. The van der Waals surface area contributed by atoms with Crippen molar-refractivity contribution in [2.45, 2.75) is 39.8 Å². The predicted octanol–water partition coefficient (Wildman–Crippen LogP) is 4.29. The number of halogens is 2. The molecule has 2 heterocycles. The van der Waals surface area contributed by atoms with E-state index in [1.54, 1.807) is 0 Å². The molecule has 2 aromatic rings. The molecule has 0 unspecified atom stereocenters. The fraction of sp³-hybridized carbons (Fsp3) is 0.400. The third kappa shape index (κ3) is 4.59. The van der Waals surface area contributed by atoms with Crippen molar-refractivity contribution in [2.24, 2.45) is 0 Å². The van der Waals surface area contributed by atoms with Gasteiger partial charge in [0.15, 0.2) is 0 Å². The van der Waals surface area contributed by atoms with E-state index in [9.17, 15) is 4.79 Å². The van der Waals surface area contributed by atoms with Crippen LogP contribution in [0, 0.1) is 6.92 Å². The van der Waals surface area contributed by atoms with E-state index in [4.69, 9.17) is 27.9 Å². The second-order valence-corrected chi connectivity index (χ2v) is 6.72. The maximum Gasteiger partial charge on any atom is 0.418 e. The quantitative estimate of drug-likeness (QED) is 0.830. The highest BCUT2D eigenvalue weighted by molar-refractivity contribution is 6.33. The van der Waals surface area contributed by atoms with E-state index in [-0.39, 0.29) is 5.28 Å². The van der Waals surface area contributed by atoms with Gasteiger partial charge in [-0.3, -0.25) is 4.57 Å². The van der Waals surface area contributed by atoms with E-state index in [2.05, 4.69) is 15.3 Å². The monoisotopic (exact) mass is 356 g/mol. The molecule has 0 aromatic carbocycles. The van der Waals surface area contributed by atoms with Gasteiger partial charge in [0.05, 0.1) is 12.7 Å². The topological polar surface area (TPSA) is 69.0 Å². The van der Waals surface area contributed by atoms with Crippen LogP contribution in [0.5, 0.6) is 0 Å². The van der Waals surface area contributed by atoms with Crippen molar-refractivity contribution in [3.05, 3.63) is 40.0 Å². The van der Waals surface area contributed by atoms with E-state index in [1.165, 1.54) is 10.8 Å². The van der Waals surface area contributed by atoms with Crippen LogP contribution < -0.4 is 5.32 Å². The number of nitrogens with zero attached hydrogens (tertiary/aromatic N) is 3. The second-order valence-electron chi connectivity index (χ2n) is 5.97. The molecule has 0 fully saturated rings. The summed E-state index contributed by atoms with van der Waals surface area (Å²) in [5.41, 5.74) is 0.938. The summed E-state index contributed by atoms with van der Waals surface area (Å²) in [4.78, 5) is 20.1. The molecular formula is C15H18Cl2N4O2. The largest absolute Gasteiger partial charge is 0.443 e. The van der Waals surface area contributed by atoms with Crippen molar-refractivity contribution in [2.75, 3.05) is 5.32 Å².